The van der Waals surface area contributed by atoms with Gasteiger partial charge < -0.3 is 9.84 Å². The van der Waals surface area contributed by atoms with Crippen molar-refractivity contribution in [3.05, 3.63) is 96.6 Å². The van der Waals surface area contributed by atoms with Gasteiger partial charge in [0.05, 0.1) is 5.56 Å². The summed E-state index contributed by atoms with van der Waals surface area (Å²) in [7, 11) is 0. The minimum Gasteiger partial charge on any atom is -0.508 e. The average Bonchev–Trinajstić information content (AvgIpc) is 2.69. The first-order valence-electron chi connectivity index (χ1n) is 8.88. The van der Waals surface area contributed by atoms with Crippen LogP contribution in [0.2, 0.25) is 0 Å². The molecule has 136 valence electrons. The SMILES string of the molecule is C=CC(C)Cc1ccc(-c2ccc(OC(=O)c3ccc(O)cc3)cc2)cc1. The second-order valence-corrected chi connectivity index (χ2v) is 6.57. The van der Waals surface area contributed by atoms with E-state index in [2.05, 4.69) is 37.8 Å². The summed E-state index contributed by atoms with van der Waals surface area (Å²) in [5, 5.41) is 9.28. The summed E-state index contributed by atoms with van der Waals surface area (Å²) in [6, 6.07) is 21.9. The highest BCUT2D eigenvalue weighted by molar-refractivity contribution is 5.91. The van der Waals surface area contributed by atoms with Crippen molar-refractivity contribution in [3.63, 3.8) is 0 Å². The highest BCUT2D eigenvalue weighted by atomic mass is 16.5. The first-order chi connectivity index (χ1) is 13.0. The van der Waals surface area contributed by atoms with Crippen LogP contribution in [0.25, 0.3) is 11.1 Å². The van der Waals surface area contributed by atoms with Crippen LogP contribution in [0.1, 0.15) is 22.8 Å². The Morgan fingerprint density at radius 3 is 2.07 bits per heavy atom. The molecule has 0 amide bonds. The fraction of sp³-hybridized carbons (Fsp3) is 0.125. The maximum atomic E-state index is 12.1. The third-order valence-corrected chi connectivity index (χ3v) is 4.42. The van der Waals surface area contributed by atoms with E-state index in [1.165, 1.54) is 29.8 Å². The molecule has 3 rings (SSSR count). The Morgan fingerprint density at radius 1 is 0.963 bits per heavy atom. The molecule has 0 bridgehead atoms. The van der Waals surface area contributed by atoms with Crippen LogP contribution in [0.5, 0.6) is 11.5 Å². The second-order valence-electron chi connectivity index (χ2n) is 6.57. The highest BCUT2D eigenvalue weighted by Gasteiger charge is 2.09. The van der Waals surface area contributed by atoms with Gasteiger partial charge in [-0.25, -0.2) is 4.79 Å². The van der Waals surface area contributed by atoms with Crippen LogP contribution in [0.3, 0.4) is 0 Å². The molecule has 3 aromatic rings. The minimum absolute atomic E-state index is 0.112. The quantitative estimate of drug-likeness (QED) is 0.352. The lowest BCUT2D eigenvalue weighted by atomic mass is 9.98. The second kappa shape index (κ2) is 8.37. The molecule has 0 aliphatic heterocycles. The molecule has 0 heterocycles. The van der Waals surface area contributed by atoms with Gasteiger partial charge in [-0.15, -0.1) is 6.58 Å². The van der Waals surface area contributed by atoms with Crippen LogP contribution < -0.4 is 4.74 Å². The summed E-state index contributed by atoms with van der Waals surface area (Å²) < 4.78 is 5.38. The summed E-state index contributed by atoms with van der Waals surface area (Å²) in [5.41, 5.74) is 3.84. The Kier molecular flexibility index (Phi) is 5.72. The van der Waals surface area contributed by atoms with Crippen LogP contribution in [0.4, 0.5) is 0 Å². The number of esters is 1. The molecule has 1 unspecified atom stereocenters. The molecule has 1 N–H and O–H groups in total. The van der Waals surface area contributed by atoms with Crippen LogP contribution >= 0.6 is 0 Å². The predicted octanol–water partition coefficient (Wildman–Crippen LogP) is 5.64. The molecule has 0 aliphatic rings. The van der Waals surface area contributed by atoms with Crippen LogP contribution in [-0.4, -0.2) is 11.1 Å². The zero-order valence-electron chi connectivity index (χ0n) is 15.3. The molecule has 1 atom stereocenters. The van der Waals surface area contributed by atoms with E-state index in [1.54, 1.807) is 12.1 Å². The van der Waals surface area contributed by atoms with E-state index in [0.29, 0.717) is 17.2 Å². The molecule has 0 aromatic heterocycles. The van der Waals surface area contributed by atoms with E-state index < -0.39 is 5.97 Å². The number of rotatable bonds is 6. The van der Waals surface area contributed by atoms with Crippen molar-refractivity contribution in [2.24, 2.45) is 5.92 Å². The van der Waals surface area contributed by atoms with E-state index in [4.69, 9.17) is 4.74 Å². The molecule has 3 heteroatoms. The van der Waals surface area contributed by atoms with Crippen LogP contribution in [-0.2, 0) is 6.42 Å². The average molecular weight is 358 g/mol. The van der Waals surface area contributed by atoms with Crippen molar-refractivity contribution in [1.29, 1.82) is 0 Å². The summed E-state index contributed by atoms with van der Waals surface area (Å²) >= 11 is 0. The fourth-order valence-corrected chi connectivity index (χ4v) is 2.77. The van der Waals surface area contributed by atoms with Crippen molar-refractivity contribution >= 4 is 5.97 Å². The van der Waals surface area contributed by atoms with Crippen molar-refractivity contribution in [2.75, 3.05) is 0 Å². The smallest absolute Gasteiger partial charge is 0.343 e. The van der Waals surface area contributed by atoms with E-state index >= 15 is 0 Å². The third-order valence-electron chi connectivity index (χ3n) is 4.42. The van der Waals surface area contributed by atoms with Gasteiger partial charge in [0.25, 0.3) is 0 Å². The minimum atomic E-state index is -0.455. The summed E-state index contributed by atoms with van der Waals surface area (Å²) in [4.78, 5) is 12.1. The largest absolute Gasteiger partial charge is 0.508 e. The molecule has 0 saturated carbocycles. The first-order valence-corrected chi connectivity index (χ1v) is 8.88. The number of phenols is 1. The maximum Gasteiger partial charge on any atom is 0.343 e. The molecule has 3 nitrogen and oxygen atoms in total. The molecule has 0 spiro atoms. The van der Waals surface area contributed by atoms with Gasteiger partial charge in [-0.2, -0.15) is 0 Å². The Labute approximate surface area is 159 Å². The summed E-state index contributed by atoms with van der Waals surface area (Å²) in [5.74, 6) is 0.593. The molecular formula is C24H22O3. The van der Waals surface area contributed by atoms with E-state index in [1.807, 2.05) is 18.2 Å². The lowest BCUT2D eigenvalue weighted by Crippen LogP contribution is -2.07. The van der Waals surface area contributed by atoms with Gasteiger partial charge in [0.1, 0.15) is 11.5 Å². The number of carbonyl (C=O) groups is 1. The fourth-order valence-electron chi connectivity index (χ4n) is 2.77. The normalized spacial score (nSPS) is 11.6. The van der Waals surface area contributed by atoms with Gasteiger partial charge in [0.15, 0.2) is 0 Å². The summed E-state index contributed by atoms with van der Waals surface area (Å²) in [6.45, 7) is 5.98. The number of aromatic hydroxyl groups is 1. The molecule has 0 aliphatic carbocycles. The summed E-state index contributed by atoms with van der Waals surface area (Å²) in [6.07, 6.45) is 2.95. The highest BCUT2D eigenvalue weighted by Crippen LogP contribution is 2.24. The van der Waals surface area contributed by atoms with Crippen molar-refractivity contribution < 1.29 is 14.6 Å². The monoisotopic (exact) mass is 358 g/mol. The Morgan fingerprint density at radius 2 is 1.52 bits per heavy atom. The van der Waals surface area contributed by atoms with Gasteiger partial charge >= 0.3 is 5.97 Å². The Balaban J connectivity index is 1.67. The number of hydrogen-bond donors (Lipinski definition) is 1. The van der Waals surface area contributed by atoms with E-state index in [9.17, 15) is 9.90 Å². The van der Waals surface area contributed by atoms with Crippen molar-refractivity contribution in [1.82, 2.24) is 0 Å². The number of phenolic OH excluding ortho intramolecular Hbond substituents is 1. The number of hydrogen-bond acceptors (Lipinski definition) is 3. The molecule has 0 radical (unpaired) electrons. The molecule has 0 fully saturated rings. The van der Waals surface area contributed by atoms with Gasteiger partial charge in [-0.3, -0.25) is 0 Å². The Hall–Kier alpha value is -3.33. The zero-order valence-corrected chi connectivity index (χ0v) is 15.3. The molecule has 0 saturated heterocycles. The maximum absolute atomic E-state index is 12.1. The van der Waals surface area contributed by atoms with Gasteiger partial charge in [-0.05, 0) is 65.4 Å². The molecular weight excluding hydrogens is 336 g/mol. The van der Waals surface area contributed by atoms with Crippen molar-refractivity contribution in [3.8, 4) is 22.6 Å². The number of allylic oxidation sites excluding steroid dienone is 1. The molecule has 3 aromatic carbocycles. The van der Waals surface area contributed by atoms with E-state index in [0.717, 1.165) is 17.5 Å². The molecule has 27 heavy (non-hydrogen) atoms. The standard InChI is InChI=1S/C24H22O3/c1-3-17(2)16-18-4-6-19(7-5-18)20-10-14-23(15-11-20)27-24(26)21-8-12-22(25)13-9-21/h3-15,17,25H,1,16H2,2H3. The first kappa shape index (κ1) is 18.5. The number of carbonyl (C=O) groups excluding carboxylic acids is 1. The van der Waals surface area contributed by atoms with Gasteiger partial charge in [0.2, 0.25) is 0 Å². The Bertz CT molecular complexity index is 907. The topological polar surface area (TPSA) is 46.5 Å². The van der Waals surface area contributed by atoms with E-state index in [-0.39, 0.29) is 5.75 Å². The lowest BCUT2D eigenvalue weighted by Gasteiger charge is -2.08. The zero-order chi connectivity index (χ0) is 19.2. The van der Waals surface area contributed by atoms with Gasteiger partial charge in [0, 0.05) is 0 Å². The number of ether oxygens (including phenoxy) is 1. The van der Waals surface area contributed by atoms with Crippen LogP contribution in [0, 0.1) is 5.92 Å². The van der Waals surface area contributed by atoms with Crippen molar-refractivity contribution in [2.45, 2.75) is 13.3 Å². The predicted molar refractivity (Wildman–Crippen MR) is 108 cm³/mol. The number of benzene rings is 3. The van der Waals surface area contributed by atoms with Gasteiger partial charge in [-0.1, -0.05) is 49.4 Å². The van der Waals surface area contributed by atoms with Crippen LogP contribution in [0.15, 0.2) is 85.5 Å². The lowest BCUT2D eigenvalue weighted by molar-refractivity contribution is 0.0735. The third kappa shape index (κ3) is 4.85.